The van der Waals surface area contributed by atoms with Crippen LogP contribution in [0.4, 0.5) is 0 Å². The van der Waals surface area contributed by atoms with Crippen LogP contribution >= 0.6 is 0 Å². The number of nitrogens with zero attached hydrogens (tertiary/aromatic N) is 1. The second-order valence-electron chi connectivity index (χ2n) is 6.83. The molecule has 4 heteroatoms. The van der Waals surface area contributed by atoms with Crippen molar-refractivity contribution >= 4 is 5.91 Å². The van der Waals surface area contributed by atoms with E-state index in [1.165, 1.54) is 32.4 Å². The number of hydrogen-bond acceptors (Lipinski definition) is 3. The molecule has 0 aromatic heterocycles. The van der Waals surface area contributed by atoms with E-state index in [2.05, 4.69) is 16.3 Å². The van der Waals surface area contributed by atoms with Crippen molar-refractivity contribution in [2.45, 2.75) is 59.0 Å². The number of ether oxygens (including phenoxy) is 1. The lowest BCUT2D eigenvalue weighted by Crippen LogP contribution is -2.39. The van der Waals surface area contributed by atoms with Crippen molar-refractivity contribution in [1.82, 2.24) is 10.2 Å². The van der Waals surface area contributed by atoms with Gasteiger partial charge >= 0.3 is 0 Å². The van der Waals surface area contributed by atoms with Crippen LogP contribution in [0.1, 0.15) is 50.2 Å². The van der Waals surface area contributed by atoms with Crippen molar-refractivity contribution < 1.29 is 9.53 Å². The third-order valence-electron chi connectivity index (χ3n) is 4.68. The zero-order valence-corrected chi connectivity index (χ0v) is 15.4. The van der Waals surface area contributed by atoms with Crippen LogP contribution in [0.15, 0.2) is 18.2 Å². The molecule has 0 unspecified atom stereocenters. The molecular weight excluding hydrogens is 300 g/mol. The summed E-state index contributed by atoms with van der Waals surface area (Å²) in [6, 6.07) is 6.10. The minimum atomic E-state index is -0.416. The molecule has 0 aliphatic carbocycles. The van der Waals surface area contributed by atoms with E-state index in [1.54, 1.807) is 0 Å². The number of carbonyl (C=O) groups excluding carboxylic acids is 1. The number of piperidine rings is 1. The van der Waals surface area contributed by atoms with Crippen LogP contribution in [0.5, 0.6) is 5.75 Å². The lowest BCUT2D eigenvalue weighted by Gasteiger charge is -2.26. The maximum atomic E-state index is 12.4. The number of benzene rings is 1. The van der Waals surface area contributed by atoms with Gasteiger partial charge in [0.1, 0.15) is 5.75 Å². The van der Waals surface area contributed by atoms with Gasteiger partial charge < -0.3 is 15.0 Å². The molecule has 1 amide bonds. The molecule has 0 saturated carbocycles. The van der Waals surface area contributed by atoms with Gasteiger partial charge in [-0.05, 0) is 76.4 Å². The first-order valence-corrected chi connectivity index (χ1v) is 9.34. The zero-order chi connectivity index (χ0) is 17.4. The molecule has 1 atom stereocenters. The normalized spacial score (nSPS) is 16.6. The van der Waals surface area contributed by atoms with Gasteiger partial charge in [0.15, 0.2) is 6.10 Å². The molecule has 24 heavy (non-hydrogen) atoms. The van der Waals surface area contributed by atoms with Crippen molar-refractivity contribution in [3.05, 3.63) is 29.3 Å². The summed E-state index contributed by atoms with van der Waals surface area (Å²) >= 11 is 0. The molecule has 1 aromatic rings. The summed E-state index contributed by atoms with van der Waals surface area (Å²) in [5.41, 5.74) is 2.21. The zero-order valence-electron chi connectivity index (χ0n) is 15.4. The molecule has 134 valence electrons. The van der Waals surface area contributed by atoms with E-state index in [0.717, 1.165) is 36.4 Å². The fourth-order valence-corrected chi connectivity index (χ4v) is 3.12. The maximum Gasteiger partial charge on any atom is 0.261 e. The number of amides is 1. The summed E-state index contributed by atoms with van der Waals surface area (Å²) in [5, 5.41) is 3.04. The SMILES string of the molecule is CC[C@H](Oc1cc(C)ccc1C)C(=O)NCCCN1CCCCC1. The van der Waals surface area contributed by atoms with Gasteiger partial charge in [0, 0.05) is 6.54 Å². The van der Waals surface area contributed by atoms with Crippen LogP contribution in [0.25, 0.3) is 0 Å². The average molecular weight is 332 g/mol. The Morgan fingerprint density at radius 3 is 2.71 bits per heavy atom. The molecule has 0 radical (unpaired) electrons. The maximum absolute atomic E-state index is 12.4. The highest BCUT2D eigenvalue weighted by atomic mass is 16.5. The highest BCUT2D eigenvalue weighted by Gasteiger charge is 2.19. The standard InChI is InChI=1S/C20H32N2O2/c1-4-18(24-19-15-16(2)9-10-17(19)3)20(23)21-11-8-14-22-12-6-5-7-13-22/h9-10,15,18H,4-8,11-14H2,1-3H3,(H,21,23)/t18-/m0/s1. The molecule has 1 saturated heterocycles. The van der Waals surface area contributed by atoms with Crippen molar-refractivity contribution in [1.29, 1.82) is 0 Å². The van der Waals surface area contributed by atoms with Gasteiger partial charge in [-0.3, -0.25) is 4.79 Å². The van der Waals surface area contributed by atoms with E-state index in [1.807, 2.05) is 32.9 Å². The Labute approximate surface area is 146 Å². The van der Waals surface area contributed by atoms with Crippen LogP contribution < -0.4 is 10.1 Å². The van der Waals surface area contributed by atoms with Gasteiger partial charge in [-0.1, -0.05) is 25.5 Å². The Hall–Kier alpha value is -1.55. The Bertz CT molecular complexity index is 524. The summed E-state index contributed by atoms with van der Waals surface area (Å²) in [4.78, 5) is 14.9. The Kier molecular flexibility index (Phi) is 7.57. The molecule has 1 N–H and O–H groups in total. The highest BCUT2D eigenvalue weighted by molar-refractivity contribution is 5.81. The fraction of sp³-hybridized carbons (Fsp3) is 0.650. The minimum absolute atomic E-state index is 0.00273. The second-order valence-corrected chi connectivity index (χ2v) is 6.83. The summed E-state index contributed by atoms with van der Waals surface area (Å²) < 4.78 is 5.96. The first-order chi connectivity index (χ1) is 11.6. The monoisotopic (exact) mass is 332 g/mol. The Morgan fingerprint density at radius 1 is 1.25 bits per heavy atom. The Morgan fingerprint density at radius 2 is 2.00 bits per heavy atom. The summed E-state index contributed by atoms with van der Waals surface area (Å²) in [5.74, 6) is 0.808. The predicted molar refractivity (Wildman–Crippen MR) is 98.5 cm³/mol. The third-order valence-corrected chi connectivity index (χ3v) is 4.68. The smallest absolute Gasteiger partial charge is 0.261 e. The van der Waals surface area contributed by atoms with Crippen molar-refractivity contribution in [3.8, 4) is 5.75 Å². The number of likely N-dealkylation sites (tertiary alicyclic amines) is 1. The first-order valence-electron chi connectivity index (χ1n) is 9.34. The van der Waals surface area contributed by atoms with Gasteiger partial charge in [-0.25, -0.2) is 0 Å². The summed E-state index contributed by atoms with van der Waals surface area (Å²) in [7, 11) is 0. The van der Waals surface area contributed by atoms with E-state index < -0.39 is 6.10 Å². The summed E-state index contributed by atoms with van der Waals surface area (Å²) in [6.45, 7) is 10.3. The minimum Gasteiger partial charge on any atom is -0.480 e. The van der Waals surface area contributed by atoms with Gasteiger partial charge in [0.25, 0.3) is 5.91 Å². The van der Waals surface area contributed by atoms with Gasteiger partial charge in [-0.2, -0.15) is 0 Å². The van der Waals surface area contributed by atoms with Crippen molar-refractivity contribution in [2.75, 3.05) is 26.2 Å². The molecule has 1 heterocycles. The molecule has 1 aliphatic heterocycles. The second kappa shape index (κ2) is 9.67. The van der Waals surface area contributed by atoms with E-state index >= 15 is 0 Å². The topological polar surface area (TPSA) is 41.6 Å². The van der Waals surface area contributed by atoms with Crippen molar-refractivity contribution in [3.63, 3.8) is 0 Å². The molecule has 0 bridgehead atoms. The van der Waals surface area contributed by atoms with Gasteiger partial charge in [0.2, 0.25) is 0 Å². The highest BCUT2D eigenvalue weighted by Crippen LogP contribution is 2.21. The van der Waals surface area contributed by atoms with E-state index in [-0.39, 0.29) is 5.91 Å². The van der Waals surface area contributed by atoms with Gasteiger partial charge in [0.05, 0.1) is 0 Å². The molecule has 1 aliphatic rings. The first kappa shape index (κ1) is 18.8. The number of hydrogen-bond donors (Lipinski definition) is 1. The lowest BCUT2D eigenvalue weighted by molar-refractivity contribution is -0.128. The van der Waals surface area contributed by atoms with Crippen LogP contribution in [0, 0.1) is 13.8 Å². The largest absolute Gasteiger partial charge is 0.480 e. The molecule has 4 nitrogen and oxygen atoms in total. The predicted octanol–water partition coefficient (Wildman–Crippen LogP) is 3.45. The number of rotatable bonds is 8. The van der Waals surface area contributed by atoms with Crippen molar-refractivity contribution in [2.24, 2.45) is 0 Å². The van der Waals surface area contributed by atoms with Crippen LogP contribution in [0.3, 0.4) is 0 Å². The van der Waals surface area contributed by atoms with E-state index in [0.29, 0.717) is 6.42 Å². The van der Waals surface area contributed by atoms with Crippen LogP contribution in [0.2, 0.25) is 0 Å². The van der Waals surface area contributed by atoms with Gasteiger partial charge in [-0.15, -0.1) is 0 Å². The summed E-state index contributed by atoms with van der Waals surface area (Å²) in [6.07, 6.45) is 5.25. The van der Waals surface area contributed by atoms with E-state index in [4.69, 9.17) is 4.74 Å². The Balaban J connectivity index is 1.75. The molecule has 1 aromatic carbocycles. The number of carbonyl (C=O) groups is 1. The molecular formula is C20H32N2O2. The van der Waals surface area contributed by atoms with Crippen LogP contribution in [-0.2, 0) is 4.79 Å². The third kappa shape index (κ3) is 5.82. The fourth-order valence-electron chi connectivity index (χ4n) is 3.12. The van der Waals surface area contributed by atoms with E-state index in [9.17, 15) is 4.79 Å². The molecule has 0 spiro atoms. The lowest BCUT2D eigenvalue weighted by atomic mass is 10.1. The molecule has 1 fully saturated rings. The molecule has 2 rings (SSSR count). The number of aryl methyl sites for hydroxylation is 2. The number of nitrogens with one attached hydrogen (secondary N) is 1. The van der Waals surface area contributed by atoms with Crippen LogP contribution in [-0.4, -0.2) is 43.1 Å². The quantitative estimate of drug-likeness (QED) is 0.741. The average Bonchev–Trinajstić information content (AvgIpc) is 2.60.